The lowest BCUT2D eigenvalue weighted by atomic mass is 9.95. The molecule has 0 amide bonds. The minimum atomic E-state index is 0.546. The number of aliphatic imine (C=N–C) groups is 1. The van der Waals surface area contributed by atoms with Crippen molar-refractivity contribution in [3.05, 3.63) is 59.2 Å². The fourth-order valence-electron chi connectivity index (χ4n) is 2.78. The van der Waals surface area contributed by atoms with Gasteiger partial charge < -0.3 is 9.47 Å². The molecular weight excluding hydrogens is 274 g/mol. The van der Waals surface area contributed by atoms with Gasteiger partial charge in [0.05, 0.1) is 7.11 Å². The maximum absolute atomic E-state index is 5.98. The summed E-state index contributed by atoms with van der Waals surface area (Å²) in [4.78, 5) is 4.61. The molecule has 3 rings (SSSR count). The lowest BCUT2D eigenvalue weighted by Crippen LogP contribution is -2.13. The maximum atomic E-state index is 5.98. The average molecular weight is 295 g/mol. The molecule has 0 fully saturated rings. The van der Waals surface area contributed by atoms with Crippen LogP contribution in [0.25, 0.3) is 0 Å². The van der Waals surface area contributed by atoms with Crippen molar-refractivity contribution in [2.75, 3.05) is 13.7 Å². The molecule has 0 aliphatic carbocycles. The van der Waals surface area contributed by atoms with E-state index in [2.05, 4.69) is 36.2 Å². The number of ether oxygens (including phenoxy) is 2. The molecule has 0 unspecified atom stereocenters. The topological polar surface area (TPSA) is 30.8 Å². The summed E-state index contributed by atoms with van der Waals surface area (Å²) in [6.07, 6.45) is 1.91. The van der Waals surface area contributed by atoms with Gasteiger partial charge in [0.25, 0.3) is 0 Å². The van der Waals surface area contributed by atoms with Crippen LogP contribution in [0.4, 0.5) is 0 Å². The van der Waals surface area contributed by atoms with Crippen molar-refractivity contribution in [1.82, 2.24) is 0 Å². The van der Waals surface area contributed by atoms with Crippen molar-refractivity contribution in [2.45, 2.75) is 26.4 Å². The molecule has 2 aromatic rings. The predicted octanol–water partition coefficient (Wildman–Crippen LogP) is 4.03. The summed E-state index contributed by atoms with van der Waals surface area (Å²) in [5, 5.41) is 0. The molecule has 0 radical (unpaired) electrons. The number of hydrogen-bond donors (Lipinski definition) is 0. The minimum Gasteiger partial charge on any atom is -0.493 e. The maximum Gasteiger partial charge on any atom is 0.161 e. The van der Waals surface area contributed by atoms with Gasteiger partial charge in [-0.3, -0.25) is 4.99 Å². The van der Waals surface area contributed by atoms with Crippen molar-refractivity contribution in [2.24, 2.45) is 4.99 Å². The molecule has 0 saturated heterocycles. The largest absolute Gasteiger partial charge is 0.493 e. The van der Waals surface area contributed by atoms with Crippen LogP contribution in [0.15, 0.2) is 47.5 Å². The first-order valence-corrected chi connectivity index (χ1v) is 7.73. The summed E-state index contributed by atoms with van der Waals surface area (Å²) < 4.78 is 11.5. The Balaban J connectivity index is 1.87. The highest BCUT2D eigenvalue weighted by molar-refractivity contribution is 6.03. The minimum absolute atomic E-state index is 0.546. The number of fused-ring (bicyclic) bond motifs is 1. The van der Waals surface area contributed by atoms with Crippen LogP contribution in [-0.4, -0.2) is 19.4 Å². The molecule has 1 heterocycles. The van der Waals surface area contributed by atoms with Crippen molar-refractivity contribution < 1.29 is 9.47 Å². The SMILES string of the molecule is CCC1=NCCc2cc(OCc3ccccc3)c(OC)cc21. The van der Waals surface area contributed by atoms with E-state index in [4.69, 9.17) is 9.47 Å². The summed E-state index contributed by atoms with van der Waals surface area (Å²) in [6.45, 7) is 3.55. The van der Waals surface area contributed by atoms with E-state index in [0.29, 0.717) is 6.61 Å². The van der Waals surface area contributed by atoms with Crippen LogP contribution in [0.1, 0.15) is 30.0 Å². The van der Waals surface area contributed by atoms with Gasteiger partial charge in [-0.1, -0.05) is 37.3 Å². The van der Waals surface area contributed by atoms with Gasteiger partial charge in [-0.05, 0) is 36.1 Å². The van der Waals surface area contributed by atoms with Gasteiger partial charge in [0, 0.05) is 17.8 Å². The highest BCUT2D eigenvalue weighted by atomic mass is 16.5. The first-order chi connectivity index (χ1) is 10.8. The molecule has 0 bridgehead atoms. The van der Waals surface area contributed by atoms with E-state index < -0.39 is 0 Å². The Kier molecular flexibility index (Phi) is 4.42. The van der Waals surface area contributed by atoms with E-state index in [-0.39, 0.29) is 0 Å². The molecule has 2 aromatic carbocycles. The molecule has 1 aliphatic rings. The standard InChI is InChI=1S/C19H21NO2/c1-3-17-16-12-18(21-2)19(11-15(16)9-10-20-17)22-13-14-7-5-4-6-8-14/h4-8,11-12H,3,9-10,13H2,1-2H3. The second-order valence-electron chi connectivity index (χ2n) is 5.37. The van der Waals surface area contributed by atoms with Crippen molar-refractivity contribution >= 4 is 5.71 Å². The van der Waals surface area contributed by atoms with E-state index in [1.807, 2.05) is 18.2 Å². The lowest BCUT2D eigenvalue weighted by molar-refractivity contribution is 0.284. The van der Waals surface area contributed by atoms with Gasteiger partial charge in [-0.25, -0.2) is 0 Å². The Morgan fingerprint density at radius 2 is 1.91 bits per heavy atom. The zero-order valence-electron chi connectivity index (χ0n) is 13.1. The number of methoxy groups -OCH3 is 1. The van der Waals surface area contributed by atoms with E-state index in [0.717, 1.165) is 42.2 Å². The molecular formula is C19H21NO2. The normalized spacial score (nSPS) is 13.3. The predicted molar refractivity (Wildman–Crippen MR) is 89.2 cm³/mol. The third-order valence-corrected chi connectivity index (χ3v) is 3.96. The van der Waals surface area contributed by atoms with E-state index in [1.165, 1.54) is 11.1 Å². The Morgan fingerprint density at radius 3 is 2.64 bits per heavy atom. The van der Waals surface area contributed by atoms with Crippen LogP contribution >= 0.6 is 0 Å². The average Bonchev–Trinajstić information content (AvgIpc) is 2.59. The Labute approximate surface area is 131 Å². The van der Waals surface area contributed by atoms with Crippen molar-refractivity contribution in [3.8, 4) is 11.5 Å². The van der Waals surface area contributed by atoms with Crippen LogP contribution < -0.4 is 9.47 Å². The number of nitrogens with zero attached hydrogens (tertiary/aromatic N) is 1. The fourth-order valence-corrected chi connectivity index (χ4v) is 2.78. The molecule has 0 saturated carbocycles. The van der Waals surface area contributed by atoms with Gasteiger partial charge in [0.15, 0.2) is 11.5 Å². The van der Waals surface area contributed by atoms with Crippen molar-refractivity contribution in [1.29, 1.82) is 0 Å². The van der Waals surface area contributed by atoms with E-state index in [9.17, 15) is 0 Å². The molecule has 0 N–H and O–H groups in total. The fraction of sp³-hybridized carbons (Fsp3) is 0.316. The highest BCUT2D eigenvalue weighted by Gasteiger charge is 2.17. The third-order valence-electron chi connectivity index (χ3n) is 3.96. The second-order valence-corrected chi connectivity index (χ2v) is 5.37. The number of hydrogen-bond acceptors (Lipinski definition) is 3. The molecule has 3 heteroatoms. The quantitative estimate of drug-likeness (QED) is 0.834. The molecule has 3 nitrogen and oxygen atoms in total. The smallest absolute Gasteiger partial charge is 0.161 e. The van der Waals surface area contributed by atoms with Crippen LogP contribution in [-0.2, 0) is 13.0 Å². The van der Waals surface area contributed by atoms with E-state index >= 15 is 0 Å². The first kappa shape index (κ1) is 14.6. The highest BCUT2D eigenvalue weighted by Crippen LogP contribution is 2.33. The zero-order valence-corrected chi connectivity index (χ0v) is 13.1. The van der Waals surface area contributed by atoms with Crippen LogP contribution in [0.5, 0.6) is 11.5 Å². The van der Waals surface area contributed by atoms with Crippen LogP contribution in [0.2, 0.25) is 0 Å². The number of benzene rings is 2. The number of rotatable bonds is 5. The van der Waals surface area contributed by atoms with Crippen LogP contribution in [0, 0.1) is 0 Å². The Bertz CT molecular complexity index is 677. The van der Waals surface area contributed by atoms with Gasteiger partial charge in [-0.15, -0.1) is 0 Å². The first-order valence-electron chi connectivity index (χ1n) is 7.73. The third kappa shape index (κ3) is 2.98. The lowest BCUT2D eigenvalue weighted by Gasteiger charge is -2.19. The zero-order chi connectivity index (χ0) is 15.4. The summed E-state index contributed by atoms with van der Waals surface area (Å²) in [6, 6.07) is 14.4. The summed E-state index contributed by atoms with van der Waals surface area (Å²) in [7, 11) is 1.68. The summed E-state index contributed by atoms with van der Waals surface area (Å²) >= 11 is 0. The molecule has 0 atom stereocenters. The van der Waals surface area contributed by atoms with Crippen molar-refractivity contribution in [3.63, 3.8) is 0 Å². The van der Waals surface area contributed by atoms with Gasteiger partial charge >= 0.3 is 0 Å². The van der Waals surface area contributed by atoms with Gasteiger partial charge in [0.2, 0.25) is 0 Å². The Morgan fingerprint density at radius 1 is 1.09 bits per heavy atom. The molecule has 0 aromatic heterocycles. The second kappa shape index (κ2) is 6.65. The summed E-state index contributed by atoms with van der Waals surface area (Å²) in [5.41, 5.74) is 4.82. The van der Waals surface area contributed by atoms with Gasteiger partial charge in [-0.2, -0.15) is 0 Å². The monoisotopic (exact) mass is 295 g/mol. The molecule has 22 heavy (non-hydrogen) atoms. The van der Waals surface area contributed by atoms with Gasteiger partial charge in [0.1, 0.15) is 6.61 Å². The molecule has 114 valence electrons. The van der Waals surface area contributed by atoms with E-state index in [1.54, 1.807) is 7.11 Å². The molecule has 0 spiro atoms. The molecule has 1 aliphatic heterocycles. The summed E-state index contributed by atoms with van der Waals surface area (Å²) in [5.74, 6) is 1.58. The Hall–Kier alpha value is -2.29. The van der Waals surface area contributed by atoms with Crippen LogP contribution in [0.3, 0.4) is 0 Å².